The quantitative estimate of drug-likeness (QED) is 0.112. The molecule has 0 fully saturated rings. The third-order valence-electron chi connectivity index (χ3n) is 12.3. The van der Waals surface area contributed by atoms with Gasteiger partial charge >= 0.3 is 0 Å². The molecule has 246 valence electrons. The molecule has 13 rings (SSSR count). The van der Waals surface area contributed by atoms with Crippen LogP contribution >= 0.6 is 0 Å². The summed E-state index contributed by atoms with van der Waals surface area (Å²) in [4.78, 5) is 33.9. The Hall–Kier alpha value is -7.05. The van der Waals surface area contributed by atoms with Gasteiger partial charge in [0.25, 0.3) is 5.91 Å². The number of aryl methyl sites for hydroxylation is 1. The average Bonchev–Trinajstić information content (AvgIpc) is 3.76. The first kappa shape index (κ1) is 27.6. The molecule has 0 radical (unpaired) electrons. The van der Waals surface area contributed by atoms with Crippen molar-refractivity contribution in [2.75, 3.05) is 10.2 Å². The Morgan fingerprint density at radius 3 is 1.81 bits per heavy atom. The molecule has 0 aliphatic carbocycles. The number of fused-ring (bicyclic) bond motifs is 9. The fourth-order valence-corrected chi connectivity index (χ4v) is 10.1. The molecule has 6 nitrogen and oxygen atoms in total. The zero-order chi connectivity index (χ0) is 34.9. The minimum Gasteiger partial charge on any atom is -0.359 e. The lowest BCUT2D eigenvalue weighted by atomic mass is 9.81. The highest BCUT2D eigenvalue weighted by Gasteiger charge is 2.41. The second-order valence-electron chi connectivity index (χ2n) is 14.6. The van der Waals surface area contributed by atoms with Crippen LogP contribution in [0.15, 0.2) is 121 Å². The molecular weight excluding hydrogens is 653 g/mol. The van der Waals surface area contributed by atoms with E-state index in [9.17, 15) is 9.59 Å². The molecule has 10 aromatic carbocycles. The summed E-state index contributed by atoms with van der Waals surface area (Å²) in [7, 11) is 2.04. The molecule has 0 bridgehead atoms. The number of carbonyl (C=O) groups excluding carboxylic acids is 2. The smallest absolute Gasteiger partial charge is 0.260 e. The lowest BCUT2D eigenvalue weighted by Crippen LogP contribution is -2.37. The molecule has 0 saturated carbocycles. The number of hydrogen-bond donors (Lipinski definition) is 1. The second kappa shape index (κ2) is 9.24. The lowest BCUT2D eigenvalue weighted by molar-refractivity contribution is 0.0979. The number of nitrogens with zero attached hydrogens (tertiary/aromatic N) is 3. The van der Waals surface area contributed by atoms with Crippen LogP contribution in [-0.4, -0.2) is 21.7 Å². The monoisotopic (exact) mass is 678 g/mol. The molecular formula is C47H26N4O2. The van der Waals surface area contributed by atoms with Gasteiger partial charge in [0.15, 0.2) is 6.29 Å². The van der Waals surface area contributed by atoms with Gasteiger partial charge < -0.3 is 9.88 Å². The number of amides is 1. The molecule has 1 aromatic heterocycles. The standard InChI is InChI=1S/C47H26N4O2/c1-50-37-8-4-2-6-35(37)48-45(50)32-19-16-25-27-13-15-28-30-17-20-33-44-34(47(53)51-38-9-5-3-7-36(38)49-46(33)51)21-18-31(43(30)44)29-14-12-26(41(27)42(28)29)24-11-10-23(22-52)39(32)40(24)25/h2-22,46,49H,1H3. The van der Waals surface area contributed by atoms with Crippen LogP contribution in [0.2, 0.25) is 0 Å². The van der Waals surface area contributed by atoms with Gasteiger partial charge in [-0.2, -0.15) is 0 Å². The van der Waals surface area contributed by atoms with E-state index < -0.39 is 0 Å². The minimum atomic E-state index is -0.254. The van der Waals surface area contributed by atoms with Gasteiger partial charge in [0.05, 0.1) is 22.4 Å². The van der Waals surface area contributed by atoms with Gasteiger partial charge in [-0.25, -0.2) is 4.98 Å². The van der Waals surface area contributed by atoms with E-state index in [-0.39, 0.29) is 12.1 Å². The average molecular weight is 679 g/mol. The molecule has 11 aromatic rings. The highest BCUT2D eigenvalue weighted by atomic mass is 16.2. The zero-order valence-corrected chi connectivity index (χ0v) is 28.4. The Bertz CT molecular complexity index is 3440. The summed E-state index contributed by atoms with van der Waals surface area (Å²) < 4.78 is 2.12. The molecule has 2 aliphatic rings. The largest absolute Gasteiger partial charge is 0.359 e. The first-order valence-electron chi connectivity index (χ1n) is 18.0. The highest BCUT2D eigenvalue weighted by Crippen LogP contribution is 2.53. The van der Waals surface area contributed by atoms with Crippen LogP contribution < -0.4 is 10.2 Å². The molecule has 3 heterocycles. The molecule has 6 heteroatoms. The van der Waals surface area contributed by atoms with E-state index in [1.807, 2.05) is 66.5 Å². The van der Waals surface area contributed by atoms with Crippen molar-refractivity contribution in [2.45, 2.75) is 6.17 Å². The van der Waals surface area contributed by atoms with Crippen LogP contribution in [0.5, 0.6) is 0 Å². The van der Waals surface area contributed by atoms with Crippen molar-refractivity contribution >= 4 is 110 Å². The molecule has 1 unspecified atom stereocenters. The summed E-state index contributed by atoms with van der Waals surface area (Å²) in [6.07, 6.45) is 0.722. The maximum absolute atomic E-state index is 14.2. The maximum atomic E-state index is 14.2. The van der Waals surface area contributed by atoms with Crippen LogP contribution in [0.3, 0.4) is 0 Å². The van der Waals surface area contributed by atoms with E-state index in [0.717, 1.165) is 105 Å². The van der Waals surface area contributed by atoms with Crippen molar-refractivity contribution in [3.63, 3.8) is 0 Å². The Kier molecular flexibility index (Phi) is 4.82. The summed E-state index contributed by atoms with van der Waals surface area (Å²) in [5.74, 6) is 0.862. The Morgan fingerprint density at radius 2 is 1.13 bits per heavy atom. The molecule has 0 saturated heterocycles. The number of imidazole rings is 1. The van der Waals surface area contributed by atoms with Crippen LogP contribution in [0, 0.1) is 0 Å². The number of rotatable bonds is 2. The van der Waals surface area contributed by atoms with Crippen LogP contribution in [0.1, 0.15) is 32.4 Å². The van der Waals surface area contributed by atoms with Gasteiger partial charge in [-0.15, -0.1) is 0 Å². The van der Waals surface area contributed by atoms with E-state index in [1.165, 1.54) is 21.5 Å². The molecule has 53 heavy (non-hydrogen) atoms. The van der Waals surface area contributed by atoms with Crippen molar-refractivity contribution in [1.29, 1.82) is 0 Å². The van der Waals surface area contributed by atoms with E-state index in [2.05, 4.69) is 76.6 Å². The second-order valence-corrected chi connectivity index (χ2v) is 14.6. The minimum absolute atomic E-state index is 0.0251. The van der Waals surface area contributed by atoms with Crippen molar-refractivity contribution in [3.8, 4) is 11.4 Å². The first-order valence-corrected chi connectivity index (χ1v) is 18.0. The van der Waals surface area contributed by atoms with Crippen LogP contribution in [-0.2, 0) is 7.05 Å². The fraction of sp³-hybridized carbons (Fsp3) is 0.0426. The number of para-hydroxylation sites is 4. The predicted molar refractivity (Wildman–Crippen MR) is 216 cm³/mol. The third kappa shape index (κ3) is 3.12. The summed E-state index contributed by atoms with van der Waals surface area (Å²) in [6, 6.07) is 42.3. The SMILES string of the molecule is Cn1c(-c2ccc3c4ccc5c6ccc7c8c(ccc(c9ccc(c%10ccc(C=O)c2c%103)c4c95)c86)C(=O)N2c3ccccc3NC72)nc2ccccc21. The van der Waals surface area contributed by atoms with Gasteiger partial charge in [0, 0.05) is 40.1 Å². The third-order valence-corrected chi connectivity index (χ3v) is 12.3. The van der Waals surface area contributed by atoms with Gasteiger partial charge in [-0.1, -0.05) is 84.9 Å². The zero-order valence-electron chi connectivity index (χ0n) is 28.4. The Morgan fingerprint density at radius 1 is 0.585 bits per heavy atom. The summed E-state index contributed by atoms with van der Waals surface area (Å²) >= 11 is 0. The van der Waals surface area contributed by atoms with Gasteiger partial charge in [-0.3, -0.25) is 14.5 Å². The highest BCUT2D eigenvalue weighted by molar-refractivity contribution is 6.44. The van der Waals surface area contributed by atoms with E-state index in [1.54, 1.807) is 0 Å². The van der Waals surface area contributed by atoms with Crippen molar-refractivity contribution in [1.82, 2.24) is 9.55 Å². The Labute approximate surface area is 301 Å². The number of aldehydes is 1. The normalized spacial score (nSPS) is 15.3. The van der Waals surface area contributed by atoms with Crippen molar-refractivity contribution in [3.05, 3.63) is 138 Å². The van der Waals surface area contributed by atoms with Crippen molar-refractivity contribution in [2.24, 2.45) is 7.05 Å². The summed E-state index contributed by atoms with van der Waals surface area (Å²) in [6.45, 7) is 0. The number of aromatic nitrogens is 2. The summed E-state index contributed by atoms with van der Waals surface area (Å²) in [5, 5.41) is 19.5. The molecule has 0 spiro atoms. The number of anilines is 2. The van der Waals surface area contributed by atoms with Crippen molar-refractivity contribution < 1.29 is 9.59 Å². The molecule has 1 N–H and O–H groups in total. The van der Waals surface area contributed by atoms with Gasteiger partial charge in [0.2, 0.25) is 0 Å². The predicted octanol–water partition coefficient (Wildman–Crippen LogP) is 11.1. The number of benzene rings is 10. The topological polar surface area (TPSA) is 67.2 Å². The number of nitrogens with one attached hydrogen (secondary N) is 1. The number of hydrogen-bond acceptors (Lipinski definition) is 4. The molecule has 2 aliphatic heterocycles. The van der Waals surface area contributed by atoms with E-state index >= 15 is 0 Å². The van der Waals surface area contributed by atoms with Gasteiger partial charge in [-0.05, 0) is 101 Å². The molecule has 1 atom stereocenters. The molecule has 1 amide bonds. The van der Waals surface area contributed by atoms with E-state index in [0.29, 0.717) is 5.56 Å². The van der Waals surface area contributed by atoms with Crippen LogP contribution in [0.4, 0.5) is 11.4 Å². The Balaban J connectivity index is 1.14. The fourth-order valence-electron chi connectivity index (χ4n) is 10.1. The van der Waals surface area contributed by atoms with E-state index in [4.69, 9.17) is 4.98 Å². The summed E-state index contributed by atoms with van der Waals surface area (Å²) in [5.41, 5.74) is 7.33. The maximum Gasteiger partial charge on any atom is 0.260 e. The van der Waals surface area contributed by atoms with Gasteiger partial charge in [0.1, 0.15) is 12.0 Å². The van der Waals surface area contributed by atoms with Crippen LogP contribution in [0.25, 0.3) is 97.8 Å². The lowest BCUT2D eigenvalue weighted by Gasteiger charge is -2.32. The number of carbonyl (C=O) groups is 2. The first-order chi connectivity index (χ1) is 26.1.